The summed E-state index contributed by atoms with van der Waals surface area (Å²) in [4.78, 5) is 0. The summed E-state index contributed by atoms with van der Waals surface area (Å²) in [6.07, 6.45) is 4.35. The summed E-state index contributed by atoms with van der Waals surface area (Å²) in [5, 5.41) is 0.172. The number of nitrogens with one attached hydrogen (secondary N) is 1. The van der Waals surface area contributed by atoms with Gasteiger partial charge < -0.3 is 0 Å². The molecule has 90 valence electrons. The molecule has 1 unspecified atom stereocenters. The van der Waals surface area contributed by atoms with Crippen molar-refractivity contribution in [1.82, 2.24) is 0 Å². The van der Waals surface area contributed by atoms with Crippen molar-refractivity contribution in [2.24, 2.45) is 11.8 Å². The van der Waals surface area contributed by atoms with E-state index in [0.717, 1.165) is 24.7 Å². The van der Waals surface area contributed by atoms with Crippen LogP contribution in [0.4, 0.5) is 0 Å². The van der Waals surface area contributed by atoms with E-state index in [9.17, 15) is 4.21 Å². The molecule has 0 heterocycles. The lowest BCUT2D eigenvalue weighted by Gasteiger charge is -2.32. The zero-order valence-corrected chi connectivity index (χ0v) is 11.3. The number of hydrogen-bond donors (Lipinski definition) is 1. The first kappa shape index (κ1) is 13.0. The molecule has 1 N–H and O–H groups in total. The molecule has 1 aliphatic rings. The zero-order chi connectivity index (χ0) is 11.6. The van der Waals surface area contributed by atoms with E-state index < -0.39 is 9.73 Å². The Labute approximate surface area is 94.8 Å². The minimum atomic E-state index is -2.35. The van der Waals surface area contributed by atoms with Crippen molar-refractivity contribution >= 4 is 9.73 Å². The molecular formula is C12H25NOS. The molecular weight excluding hydrogens is 206 g/mol. The van der Waals surface area contributed by atoms with Crippen LogP contribution in [0.3, 0.4) is 0 Å². The summed E-state index contributed by atoms with van der Waals surface area (Å²) in [5.41, 5.74) is 0. The predicted octanol–water partition coefficient (Wildman–Crippen LogP) is 3.66. The van der Waals surface area contributed by atoms with Gasteiger partial charge in [-0.05, 0) is 37.5 Å². The van der Waals surface area contributed by atoms with Crippen LogP contribution >= 0.6 is 0 Å². The Bertz CT molecular complexity index is 285. The van der Waals surface area contributed by atoms with Crippen LogP contribution in [0.1, 0.15) is 53.4 Å². The highest BCUT2D eigenvalue weighted by atomic mass is 32.2. The van der Waals surface area contributed by atoms with E-state index in [1.165, 1.54) is 12.8 Å². The second-order valence-electron chi connectivity index (χ2n) is 5.48. The van der Waals surface area contributed by atoms with Crippen molar-refractivity contribution in [2.75, 3.05) is 0 Å². The largest absolute Gasteiger partial charge is 0.252 e. The van der Waals surface area contributed by atoms with Crippen molar-refractivity contribution in [3.05, 3.63) is 0 Å². The first-order valence-corrected chi connectivity index (χ1v) is 7.80. The fourth-order valence-corrected chi connectivity index (χ4v) is 4.23. The lowest BCUT2D eigenvalue weighted by Crippen LogP contribution is -2.32. The minimum absolute atomic E-state index is 0.0121. The summed E-state index contributed by atoms with van der Waals surface area (Å²) in [5.74, 6) is 1.54. The minimum Gasteiger partial charge on any atom is -0.252 e. The Morgan fingerprint density at radius 2 is 1.53 bits per heavy atom. The third kappa shape index (κ3) is 2.96. The summed E-state index contributed by atoms with van der Waals surface area (Å²) in [7, 11) is -2.35. The van der Waals surface area contributed by atoms with Gasteiger partial charge >= 0.3 is 0 Å². The molecule has 0 radical (unpaired) electrons. The highest BCUT2D eigenvalue weighted by Crippen LogP contribution is 2.34. The topological polar surface area (TPSA) is 40.9 Å². The molecule has 0 saturated heterocycles. The van der Waals surface area contributed by atoms with E-state index in [1.807, 2.05) is 13.8 Å². The molecule has 1 aliphatic carbocycles. The summed E-state index contributed by atoms with van der Waals surface area (Å²) >= 11 is 0. The normalized spacial score (nSPS) is 31.9. The summed E-state index contributed by atoms with van der Waals surface area (Å²) in [6.45, 7) is 8.38. The average molecular weight is 231 g/mol. The predicted molar refractivity (Wildman–Crippen MR) is 66.6 cm³/mol. The molecule has 1 saturated carbocycles. The van der Waals surface area contributed by atoms with Gasteiger partial charge in [0.15, 0.2) is 0 Å². The van der Waals surface area contributed by atoms with Crippen LogP contribution in [-0.2, 0) is 9.73 Å². The molecule has 0 amide bonds. The third-order valence-corrected chi connectivity index (χ3v) is 6.72. The summed E-state index contributed by atoms with van der Waals surface area (Å²) < 4.78 is 20.2. The maximum absolute atomic E-state index is 12.2. The number of rotatable bonds is 3. The molecule has 1 rings (SSSR count). The molecule has 2 nitrogen and oxygen atoms in total. The molecule has 0 aromatic carbocycles. The van der Waals surface area contributed by atoms with E-state index in [2.05, 4.69) is 13.8 Å². The van der Waals surface area contributed by atoms with Gasteiger partial charge in [0, 0.05) is 20.2 Å². The fraction of sp³-hybridized carbons (Fsp3) is 1.00. The number of hydrogen-bond acceptors (Lipinski definition) is 2. The molecule has 15 heavy (non-hydrogen) atoms. The van der Waals surface area contributed by atoms with E-state index in [-0.39, 0.29) is 10.5 Å². The van der Waals surface area contributed by atoms with Gasteiger partial charge in [-0.3, -0.25) is 4.78 Å². The fourth-order valence-electron chi connectivity index (χ4n) is 2.49. The average Bonchev–Trinajstić information content (AvgIpc) is 2.17. The van der Waals surface area contributed by atoms with Crippen LogP contribution in [0.25, 0.3) is 0 Å². The van der Waals surface area contributed by atoms with Gasteiger partial charge in [-0.15, -0.1) is 0 Å². The molecule has 0 aromatic heterocycles. The van der Waals surface area contributed by atoms with Crippen molar-refractivity contribution in [3.8, 4) is 0 Å². The molecule has 1 atom stereocenters. The molecule has 1 fully saturated rings. The lowest BCUT2D eigenvalue weighted by atomic mass is 9.81. The van der Waals surface area contributed by atoms with Crippen molar-refractivity contribution in [3.63, 3.8) is 0 Å². The van der Waals surface area contributed by atoms with Gasteiger partial charge in [0.05, 0.1) is 0 Å². The smallest absolute Gasteiger partial charge is 0.0494 e. The summed E-state index contributed by atoms with van der Waals surface area (Å²) in [6, 6.07) is 0. The monoisotopic (exact) mass is 231 g/mol. The van der Waals surface area contributed by atoms with Gasteiger partial charge in [-0.2, -0.15) is 0 Å². The van der Waals surface area contributed by atoms with Crippen LogP contribution in [-0.4, -0.2) is 14.7 Å². The SMILES string of the molecule is CC(C)C1CCC(S(=N)(=O)C(C)C)CC1. The Morgan fingerprint density at radius 3 is 1.87 bits per heavy atom. The highest BCUT2D eigenvalue weighted by molar-refractivity contribution is 7.93. The molecule has 0 aliphatic heterocycles. The van der Waals surface area contributed by atoms with Crippen LogP contribution in [0.2, 0.25) is 0 Å². The van der Waals surface area contributed by atoms with Crippen molar-refractivity contribution in [1.29, 1.82) is 4.78 Å². The lowest BCUT2D eigenvalue weighted by molar-refractivity contribution is 0.281. The van der Waals surface area contributed by atoms with Crippen molar-refractivity contribution in [2.45, 2.75) is 63.9 Å². The molecule has 0 aromatic rings. The Hall–Kier alpha value is -0.0500. The van der Waals surface area contributed by atoms with Gasteiger partial charge in [0.1, 0.15) is 0 Å². The first-order chi connectivity index (χ1) is 6.85. The molecule has 0 spiro atoms. The highest BCUT2D eigenvalue weighted by Gasteiger charge is 2.30. The maximum atomic E-state index is 12.2. The third-order valence-electron chi connectivity index (χ3n) is 3.86. The van der Waals surface area contributed by atoms with Crippen LogP contribution in [0.15, 0.2) is 0 Å². The second kappa shape index (κ2) is 4.86. The van der Waals surface area contributed by atoms with Crippen LogP contribution in [0.5, 0.6) is 0 Å². The Morgan fingerprint density at radius 1 is 1.07 bits per heavy atom. The van der Waals surface area contributed by atoms with E-state index in [0.29, 0.717) is 0 Å². The standard InChI is InChI=1S/C12H25NOS/c1-9(2)11-5-7-12(8-6-11)15(13,14)10(3)4/h9-13H,5-8H2,1-4H3. The quantitative estimate of drug-likeness (QED) is 0.791. The second-order valence-corrected chi connectivity index (χ2v) is 8.38. The van der Waals surface area contributed by atoms with Gasteiger partial charge in [-0.1, -0.05) is 27.7 Å². The van der Waals surface area contributed by atoms with Gasteiger partial charge in [0.2, 0.25) is 0 Å². The molecule has 0 bridgehead atoms. The van der Waals surface area contributed by atoms with Crippen LogP contribution in [0, 0.1) is 16.6 Å². The Kier molecular flexibility index (Phi) is 4.21. The molecule has 3 heteroatoms. The van der Waals surface area contributed by atoms with Crippen molar-refractivity contribution < 1.29 is 4.21 Å². The van der Waals surface area contributed by atoms with Gasteiger partial charge in [-0.25, -0.2) is 4.21 Å². The Balaban J connectivity index is 2.58. The van der Waals surface area contributed by atoms with E-state index >= 15 is 0 Å². The maximum Gasteiger partial charge on any atom is 0.0494 e. The zero-order valence-electron chi connectivity index (χ0n) is 10.5. The van der Waals surface area contributed by atoms with E-state index in [1.54, 1.807) is 0 Å². The van der Waals surface area contributed by atoms with Gasteiger partial charge in [0.25, 0.3) is 0 Å². The first-order valence-electron chi connectivity index (χ1n) is 6.12. The van der Waals surface area contributed by atoms with Crippen LogP contribution < -0.4 is 0 Å². The van der Waals surface area contributed by atoms with E-state index in [4.69, 9.17) is 4.78 Å².